The molecule has 0 atom stereocenters. The minimum Gasteiger partial charge on any atom is -0.308 e. The van der Waals surface area contributed by atoms with Crippen molar-refractivity contribution in [3.8, 4) is 0 Å². The van der Waals surface area contributed by atoms with Crippen LogP contribution in [0.1, 0.15) is 27.9 Å². The number of benzene rings is 3. The third-order valence-electron chi connectivity index (χ3n) is 5.94. The summed E-state index contributed by atoms with van der Waals surface area (Å²) in [4.78, 5) is 14.9. The Labute approximate surface area is 180 Å². The van der Waals surface area contributed by atoms with Crippen molar-refractivity contribution in [2.24, 2.45) is 0 Å². The molecule has 0 saturated carbocycles. The van der Waals surface area contributed by atoms with Crippen LogP contribution in [0.15, 0.2) is 71.6 Å². The number of halogens is 1. The molecule has 0 N–H and O–H groups in total. The number of fused-ring (bicyclic) bond motifs is 2. The number of carbonyl (C=O) groups excluding carboxylic acids is 1. The first-order chi connectivity index (χ1) is 14.9. The molecule has 3 aromatic carbocycles. The monoisotopic (exact) mass is 436 g/mol. The Balaban J connectivity index is 1.48. The third-order valence-corrected chi connectivity index (χ3v) is 7.75. The number of hydrogen-bond acceptors (Lipinski definition) is 3. The fourth-order valence-electron chi connectivity index (χ4n) is 4.38. The molecule has 0 fully saturated rings. The van der Waals surface area contributed by atoms with Crippen molar-refractivity contribution in [2.45, 2.75) is 24.2 Å². The van der Waals surface area contributed by atoms with Gasteiger partial charge in [-0.15, -0.1) is 0 Å². The highest BCUT2D eigenvalue weighted by molar-refractivity contribution is 7.92. The Morgan fingerprint density at radius 1 is 0.839 bits per heavy atom. The summed E-state index contributed by atoms with van der Waals surface area (Å²) in [6.45, 7) is 0.961. The zero-order valence-corrected chi connectivity index (χ0v) is 17.6. The lowest BCUT2D eigenvalue weighted by atomic mass is 10.0. The summed E-state index contributed by atoms with van der Waals surface area (Å²) in [5, 5.41) is 0. The molecule has 31 heavy (non-hydrogen) atoms. The first-order valence-electron chi connectivity index (χ1n) is 10.3. The van der Waals surface area contributed by atoms with E-state index in [0.717, 1.165) is 23.2 Å². The molecule has 0 aromatic heterocycles. The predicted octanol–water partition coefficient (Wildman–Crippen LogP) is 4.17. The van der Waals surface area contributed by atoms with E-state index < -0.39 is 15.8 Å². The van der Waals surface area contributed by atoms with Gasteiger partial charge in [0.1, 0.15) is 5.82 Å². The maximum Gasteiger partial charge on any atom is 0.264 e. The van der Waals surface area contributed by atoms with E-state index in [1.54, 1.807) is 23.1 Å². The lowest BCUT2D eigenvalue weighted by Crippen LogP contribution is -2.36. The molecule has 0 radical (unpaired) electrons. The Morgan fingerprint density at radius 2 is 1.61 bits per heavy atom. The molecule has 0 bridgehead atoms. The average Bonchev–Trinajstić information content (AvgIpc) is 3.23. The number of carbonyl (C=O) groups is 1. The van der Waals surface area contributed by atoms with Gasteiger partial charge in [-0.2, -0.15) is 0 Å². The fourth-order valence-corrected chi connectivity index (χ4v) is 5.93. The molecular weight excluding hydrogens is 415 g/mol. The van der Waals surface area contributed by atoms with Crippen LogP contribution in [0.2, 0.25) is 0 Å². The van der Waals surface area contributed by atoms with E-state index in [4.69, 9.17) is 0 Å². The van der Waals surface area contributed by atoms with Crippen molar-refractivity contribution in [2.75, 3.05) is 22.3 Å². The highest BCUT2D eigenvalue weighted by Crippen LogP contribution is 2.35. The maximum absolute atomic E-state index is 13.4. The number of nitrogens with zero attached hydrogens (tertiary/aromatic N) is 2. The molecule has 3 aromatic rings. The summed E-state index contributed by atoms with van der Waals surface area (Å²) in [7, 11) is -3.69. The molecule has 158 valence electrons. The quantitative estimate of drug-likeness (QED) is 0.619. The molecule has 0 unspecified atom stereocenters. The Hall–Kier alpha value is -3.19. The molecule has 0 spiro atoms. The molecule has 2 aliphatic rings. The van der Waals surface area contributed by atoms with Gasteiger partial charge in [0.05, 0.1) is 10.6 Å². The molecule has 0 saturated heterocycles. The zero-order valence-electron chi connectivity index (χ0n) is 16.8. The molecular formula is C24H21FN2O3S. The first kappa shape index (κ1) is 19.8. The van der Waals surface area contributed by atoms with Gasteiger partial charge < -0.3 is 4.90 Å². The number of aryl methyl sites for hydroxylation is 1. The number of anilines is 2. The van der Waals surface area contributed by atoms with Crippen molar-refractivity contribution >= 4 is 27.3 Å². The van der Waals surface area contributed by atoms with E-state index in [1.807, 2.05) is 24.3 Å². The second-order valence-electron chi connectivity index (χ2n) is 7.81. The van der Waals surface area contributed by atoms with Crippen molar-refractivity contribution in [3.63, 3.8) is 0 Å². The van der Waals surface area contributed by atoms with Gasteiger partial charge in [-0.1, -0.05) is 18.2 Å². The van der Waals surface area contributed by atoms with Crippen LogP contribution in [0, 0.1) is 5.82 Å². The number of para-hydroxylation sites is 1. The fraction of sp³-hybridized carbons (Fsp3) is 0.208. The number of hydrogen-bond donors (Lipinski definition) is 0. The minimum atomic E-state index is -3.69. The van der Waals surface area contributed by atoms with Gasteiger partial charge in [0.25, 0.3) is 15.9 Å². The number of rotatable bonds is 3. The highest BCUT2D eigenvalue weighted by Gasteiger charge is 2.32. The number of amides is 1. The van der Waals surface area contributed by atoms with Gasteiger partial charge >= 0.3 is 0 Å². The van der Waals surface area contributed by atoms with Crippen molar-refractivity contribution in [1.82, 2.24) is 0 Å². The van der Waals surface area contributed by atoms with E-state index in [2.05, 4.69) is 0 Å². The van der Waals surface area contributed by atoms with Gasteiger partial charge in [0.2, 0.25) is 0 Å². The van der Waals surface area contributed by atoms with Crippen LogP contribution in [0.5, 0.6) is 0 Å². The van der Waals surface area contributed by atoms with Gasteiger partial charge in [0.15, 0.2) is 0 Å². The van der Waals surface area contributed by atoms with Crippen LogP contribution in [0.3, 0.4) is 0 Å². The smallest absolute Gasteiger partial charge is 0.264 e. The van der Waals surface area contributed by atoms with Gasteiger partial charge in [-0.05, 0) is 78.9 Å². The molecule has 7 heteroatoms. The summed E-state index contributed by atoms with van der Waals surface area (Å²) in [5.74, 6) is -0.612. The standard InChI is InChI=1S/C24H21FN2O3S/c25-20-9-7-18(8-10-20)24(28)26-14-3-5-19-16-21(11-12-22(19)26)31(29,30)27-15-13-17-4-1-2-6-23(17)27/h1-2,4,6-12,16H,3,5,13-15H2. The lowest BCUT2D eigenvalue weighted by Gasteiger charge is -2.30. The van der Waals surface area contributed by atoms with Crippen LogP contribution in [-0.4, -0.2) is 27.4 Å². The Kier molecular flexibility index (Phi) is 4.78. The van der Waals surface area contributed by atoms with Crippen molar-refractivity contribution in [1.29, 1.82) is 0 Å². The van der Waals surface area contributed by atoms with Gasteiger partial charge in [-0.3, -0.25) is 9.10 Å². The zero-order chi connectivity index (χ0) is 21.6. The largest absolute Gasteiger partial charge is 0.308 e. The second kappa shape index (κ2) is 7.50. The summed E-state index contributed by atoms with van der Waals surface area (Å²) in [6.07, 6.45) is 2.12. The SMILES string of the molecule is O=C(c1ccc(F)cc1)N1CCCc2cc(S(=O)(=O)N3CCc4ccccc43)ccc21. The van der Waals surface area contributed by atoms with Gasteiger partial charge in [0, 0.05) is 24.3 Å². The van der Waals surface area contributed by atoms with Crippen molar-refractivity contribution < 1.29 is 17.6 Å². The summed E-state index contributed by atoms with van der Waals surface area (Å²) < 4.78 is 41.4. The molecule has 0 aliphatic carbocycles. The first-order valence-corrected chi connectivity index (χ1v) is 11.7. The normalized spacial score (nSPS) is 15.5. The molecule has 5 nitrogen and oxygen atoms in total. The summed E-state index contributed by atoms with van der Waals surface area (Å²) >= 11 is 0. The molecule has 1 amide bonds. The molecule has 2 heterocycles. The van der Waals surface area contributed by atoms with Crippen LogP contribution >= 0.6 is 0 Å². The van der Waals surface area contributed by atoms with Crippen LogP contribution in [0.25, 0.3) is 0 Å². The minimum absolute atomic E-state index is 0.218. The Bertz CT molecular complexity index is 1270. The lowest BCUT2D eigenvalue weighted by molar-refractivity contribution is 0.0985. The summed E-state index contributed by atoms with van der Waals surface area (Å²) in [5.41, 5.74) is 3.70. The number of sulfonamides is 1. The second-order valence-corrected chi connectivity index (χ2v) is 9.68. The van der Waals surface area contributed by atoms with Crippen molar-refractivity contribution in [3.05, 3.63) is 89.2 Å². The van der Waals surface area contributed by atoms with E-state index in [0.29, 0.717) is 37.2 Å². The molecule has 2 aliphatic heterocycles. The predicted molar refractivity (Wildman–Crippen MR) is 118 cm³/mol. The van der Waals surface area contributed by atoms with E-state index >= 15 is 0 Å². The van der Waals surface area contributed by atoms with E-state index in [9.17, 15) is 17.6 Å². The molecule has 5 rings (SSSR count). The van der Waals surface area contributed by atoms with Gasteiger partial charge in [-0.25, -0.2) is 12.8 Å². The van der Waals surface area contributed by atoms with Crippen LogP contribution < -0.4 is 9.21 Å². The third kappa shape index (κ3) is 3.39. The summed E-state index contributed by atoms with van der Waals surface area (Å²) in [6, 6.07) is 18.0. The average molecular weight is 437 g/mol. The van der Waals surface area contributed by atoms with Crippen LogP contribution in [0.4, 0.5) is 15.8 Å². The Morgan fingerprint density at radius 3 is 2.42 bits per heavy atom. The van der Waals surface area contributed by atoms with E-state index in [-0.39, 0.29) is 10.8 Å². The topological polar surface area (TPSA) is 57.7 Å². The highest BCUT2D eigenvalue weighted by atomic mass is 32.2. The maximum atomic E-state index is 13.4. The van der Waals surface area contributed by atoms with Crippen LogP contribution in [-0.2, 0) is 22.9 Å². The van der Waals surface area contributed by atoms with E-state index in [1.165, 1.54) is 28.6 Å².